The summed E-state index contributed by atoms with van der Waals surface area (Å²) in [6, 6.07) is 27.7. The Kier molecular flexibility index (Phi) is 5.67. The van der Waals surface area contributed by atoms with Crippen LogP contribution in [0.5, 0.6) is 11.5 Å². The van der Waals surface area contributed by atoms with E-state index in [1.807, 2.05) is 60.7 Å². The minimum Gasteiger partial charge on any atom is -0.478 e. The number of hydrogen-bond acceptors (Lipinski definition) is 3. The van der Waals surface area contributed by atoms with Crippen LogP contribution in [-0.2, 0) is 4.79 Å². The molecular formula is C26H21NO4. The number of amides is 1. The molecule has 2 N–H and O–H groups in total. The molecule has 0 heterocycles. The van der Waals surface area contributed by atoms with Gasteiger partial charge in [-0.05, 0) is 59.7 Å². The number of ether oxygens (including phenoxy) is 1. The molecule has 0 fully saturated rings. The summed E-state index contributed by atoms with van der Waals surface area (Å²) < 4.78 is 5.95. The molecule has 1 atom stereocenters. The van der Waals surface area contributed by atoms with Crippen molar-refractivity contribution in [3.63, 3.8) is 0 Å². The zero-order valence-corrected chi connectivity index (χ0v) is 16.9. The lowest BCUT2D eigenvalue weighted by molar-refractivity contribution is -0.117. The van der Waals surface area contributed by atoms with Crippen LogP contribution in [-0.4, -0.2) is 17.0 Å². The van der Waals surface area contributed by atoms with Crippen LogP contribution in [0.3, 0.4) is 0 Å². The fourth-order valence-electron chi connectivity index (χ4n) is 3.36. The number of fused-ring (bicyclic) bond motifs is 1. The normalized spacial score (nSPS) is 11.6. The molecule has 31 heavy (non-hydrogen) atoms. The summed E-state index contributed by atoms with van der Waals surface area (Å²) in [6.45, 7) is 1.78. The lowest BCUT2D eigenvalue weighted by Crippen LogP contribution is -2.20. The zero-order valence-electron chi connectivity index (χ0n) is 16.9. The monoisotopic (exact) mass is 411 g/mol. The molecule has 0 aliphatic rings. The smallest absolute Gasteiger partial charge is 0.337 e. The van der Waals surface area contributed by atoms with Crippen LogP contribution in [0.15, 0.2) is 91.0 Å². The van der Waals surface area contributed by atoms with Crippen LogP contribution >= 0.6 is 0 Å². The van der Waals surface area contributed by atoms with E-state index in [0.29, 0.717) is 5.75 Å². The number of rotatable bonds is 6. The van der Waals surface area contributed by atoms with Gasteiger partial charge < -0.3 is 15.2 Å². The first-order valence-corrected chi connectivity index (χ1v) is 9.91. The number of nitrogens with one attached hydrogen (secondary N) is 1. The molecule has 4 aromatic carbocycles. The maximum absolute atomic E-state index is 12.7. The van der Waals surface area contributed by atoms with Gasteiger partial charge in [-0.1, -0.05) is 54.6 Å². The molecular weight excluding hydrogens is 390 g/mol. The Labute approximate surface area is 179 Å². The number of carboxylic acids is 1. The Bertz CT molecular complexity index is 1250. The summed E-state index contributed by atoms with van der Waals surface area (Å²) >= 11 is 0. The summed E-state index contributed by atoms with van der Waals surface area (Å²) in [4.78, 5) is 24.0. The second-order valence-corrected chi connectivity index (χ2v) is 7.24. The van der Waals surface area contributed by atoms with Crippen LogP contribution in [0, 0.1) is 0 Å². The van der Waals surface area contributed by atoms with E-state index in [1.54, 1.807) is 25.1 Å². The van der Waals surface area contributed by atoms with Crippen molar-refractivity contribution in [1.29, 1.82) is 0 Å². The van der Waals surface area contributed by atoms with Crippen molar-refractivity contribution in [2.45, 2.75) is 12.8 Å². The summed E-state index contributed by atoms with van der Waals surface area (Å²) in [5.41, 5.74) is 1.14. The molecule has 0 aromatic heterocycles. The highest BCUT2D eigenvalue weighted by Crippen LogP contribution is 2.27. The van der Waals surface area contributed by atoms with Gasteiger partial charge in [0, 0.05) is 0 Å². The molecule has 4 rings (SSSR count). The highest BCUT2D eigenvalue weighted by atomic mass is 16.5. The molecule has 4 aromatic rings. The van der Waals surface area contributed by atoms with Gasteiger partial charge in [-0.15, -0.1) is 0 Å². The average molecular weight is 411 g/mol. The van der Waals surface area contributed by atoms with Gasteiger partial charge in [0.15, 0.2) is 0 Å². The van der Waals surface area contributed by atoms with E-state index in [9.17, 15) is 14.7 Å². The molecule has 0 spiro atoms. The largest absolute Gasteiger partial charge is 0.478 e. The fourth-order valence-corrected chi connectivity index (χ4v) is 3.36. The number of carbonyl (C=O) groups excluding carboxylic acids is 1. The van der Waals surface area contributed by atoms with E-state index < -0.39 is 11.9 Å². The Morgan fingerprint density at radius 1 is 0.806 bits per heavy atom. The van der Waals surface area contributed by atoms with Gasteiger partial charge in [0.25, 0.3) is 0 Å². The van der Waals surface area contributed by atoms with Crippen LogP contribution in [0.25, 0.3) is 10.8 Å². The van der Waals surface area contributed by atoms with Crippen molar-refractivity contribution >= 4 is 28.3 Å². The topological polar surface area (TPSA) is 75.6 Å². The Morgan fingerprint density at radius 2 is 1.45 bits per heavy atom. The zero-order chi connectivity index (χ0) is 21.8. The molecule has 0 saturated carbocycles. The van der Waals surface area contributed by atoms with E-state index in [1.165, 1.54) is 6.07 Å². The van der Waals surface area contributed by atoms with Crippen molar-refractivity contribution in [3.05, 3.63) is 102 Å². The number of hydrogen-bond donors (Lipinski definition) is 2. The summed E-state index contributed by atoms with van der Waals surface area (Å²) in [7, 11) is 0. The molecule has 154 valence electrons. The van der Waals surface area contributed by atoms with Gasteiger partial charge in [0.1, 0.15) is 11.5 Å². The number of para-hydroxylation sites is 1. The Hall–Kier alpha value is -4.12. The number of anilines is 1. The van der Waals surface area contributed by atoms with Crippen molar-refractivity contribution in [3.8, 4) is 11.5 Å². The second-order valence-electron chi connectivity index (χ2n) is 7.24. The summed E-state index contributed by atoms with van der Waals surface area (Å²) in [5.74, 6) is -0.419. The first kappa shape index (κ1) is 20.2. The van der Waals surface area contributed by atoms with E-state index in [2.05, 4.69) is 11.4 Å². The van der Waals surface area contributed by atoms with E-state index in [-0.39, 0.29) is 17.2 Å². The number of benzene rings is 4. The third kappa shape index (κ3) is 4.56. The standard InChI is InChI=1S/C26H21NO4/c1-17(25(28)27-24-9-5-4-8-23(24)26(29)30)18-10-13-21(14-11-18)31-22-15-12-19-6-2-3-7-20(19)16-22/h2-17H,1H3,(H,27,28)(H,29,30). The average Bonchev–Trinajstić information content (AvgIpc) is 2.79. The van der Waals surface area contributed by atoms with E-state index >= 15 is 0 Å². The van der Waals surface area contributed by atoms with Crippen molar-refractivity contribution in [2.75, 3.05) is 5.32 Å². The number of carboxylic acid groups (broad SMARTS) is 1. The van der Waals surface area contributed by atoms with Gasteiger partial charge in [0.2, 0.25) is 5.91 Å². The molecule has 1 amide bonds. The van der Waals surface area contributed by atoms with Crippen LogP contribution in [0.1, 0.15) is 28.8 Å². The minimum absolute atomic E-state index is 0.0576. The van der Waals surface area contributed by atoms with Crippen LogP contribution in [0.2, 0.25) is 0 Å². The minimum atomic E-state index is -1.08. The van der Waals surface area contributed by atoms with Crippen molar-refractivity contribution in [1.82, 2.24) is 0 Å². The maximum Gasteiger partial charge on any atom is 0.337 e. The first-order valence-electron chi connectivity index (χ1n) is 9.91. The molecule has 5 heteroatoms. The lowest BCUT2D eigenvalue weighted by atomic mass is 10.00. The van der Waals surface area contributed by atoms with Gasteiger partial charge in [0.05, 0.1) is 17.2 Å². The first-order chi connectivity index (χ1) is 15.0. The SMILES string of the molecule is CC(C(=O)Nc1ccccc1C(=O)O)c1ccc(Oc2ccc3ccccc3c2)cc1. The lowest BCUT2D eigenvalue weighted by Gasteiger charge is -2.15. The van der Waals surface area contributed by atoms with Gasteiger partial charge in [-0.3, -0.25) is 4.79 Å². The molecule has 5 nitrogen and oxygen atoms in total. The maximum atomic E-state index is 12.7. The van der Waals surface area contributed by atoms with Crippen LogP contribution < -0.4 is 10.1 Å². The Balaban J connectivity index is 1.45. The third-order valence-electron chi connectivity index (χ3n) is 5.15. The Morgan fingerprint density at radius 3 is 2.19 bits per heavy atom. The molecule has 0 aliphatic carbocycles. The fraction of sp³-hybridized carbons (Fsp3) is 0.0769. The summed E-state index contributed by atoms with van der Waals surface area (Å²) in [5, 5.41) is 14.2. The van der Waals surface area contributed by atoms with E-state index in [0.717, 1.165) is 22.1 Å². The van der Waals surface area contributed by atoms with Crippen molar-refractivity contribution in [2.24, 2.45) is 0 Å². The molecule has 0 bridgehead atoms. The highest BCUT2D eigenvalue weighted by molar-refractivity contribution is 6.02. The quantitative estimate of drug-likeness (QED) is 0.404. The second kappa shape index (κ2) is 8.71. The van der Waals surface area contributed by atoms with Crippen LogP contribution in [0.4, 0.5) is 5.69 Å². The molecule has 1 unspecified atom stereocenters. The summed E-state index contributed by atoms with van der Waals surface area (Å²) in [6.07, 6.45) is 0. The predicted molar refractivity (Wildman–Crippen MR) is 121 cm³/mol. The van der Waals surface area contributed by atoms with E-state index in [4.69, 9.17) is 4.74 Å². The third-order valence-corrected chi connectivity index (χ3v) is 5.15. The molecule has 0 radical (unpaired) electrons. The van der Waals surface area contributed by atoms with Crippen molar-refractivity contribution < 1.29 is 19.4 Å². The van der Waals surface area contributed by atoms with Gasteiger partial charge >= 0.3 is 5.97 Å². The molecule has 0 saturated heterocycles. The highest BCUT2D eigenvalue weighted by Gasteiger charge is 2.18. The predicted octanol–water partition coefficient (Wildman–Crippen LogP) is 6.07. The number of carbonyl (C=O) groups is 2. The van der Waals surface area contributed by atoms with Gasteiger partial charge in [-0.2, -0.15) is 0 Å². The molecule has 0 aliphatic heterocycles. The number of aromatic carboxylic acids is 1. The van der Waals surface area contributed by atoms with Gasteiger partial charge in [-0.25, -0.2) is 4.79 Å².